The first-order valence-corrected chi connectivity index (χ1v) is 4.12. The van der Waals surface area contributed by atoms with E-state index < -0.39 is 0 Å². The molecule has 6 heteroatoms. The molecule has 15 heavy (non-hydrogen) atoms. The van der Waals surface area contributed by atoms with Gasteiger partial charge in [0.25, 0.3) is 0 Å². The molecule has 0 spiro atoms. The number of carbonyl (C=O) groups excluding carboxylic acids is 1. The summed E-state index contributed by atoms with van der Waals surface area (Å²) >= 11 is 0. The van der Waals surface area contributed by atoms with Crippen molar-refractivity contribution in [2.45, 2.75) is 6.92 Å². The number of H-pyrrole nitrogens is 1. The standard InChI is InChI=1S/C9H9N5O/c1-6(15)12-4-2-3-8-7(5-10)9(11)14-13-8/h4H2,1H3,(H,12,15)(H3,11,13,14). The summed E-state index contributed by atoms with van der Waals surface area (Å²) < 4.78 is 0. The Hall–Kier alpha value is -2.47. The minimum Gasteiger partial charge on any atom is -0.381 e. The molecule has 0 bridgehead atoms. The summed E-state index contributed by atoms with van der Waals surface area (Å²) in [5.74, 6) is 5.28. The van der Waals surface area contributed by atoms with Gasteiger partial charge in [0.2, 0.25) is 5.91 Å². The smallest absolute Gasteiger partial charge is 0.217 e. The quantitative estimate of drug-likeness (QED) is 0.527. The molecule has 0 fully saturated rings. The summed E-state index contributed by atoms with van der Waals surface area (Å²) in [6.45, 7) is 1.62. The number of hydrogen-bond acceptors (Lipinski definition) is 4. The third kappa shape index (κ3) is 2.75. The van der Waals surface area contributed by atoms with E-state index in [-0.39, 0.29) is 23.8 Å². The molecule has 0 radical (unpaired) electrons. The van der Waals surface area contributed by atoms with E-state index in [4.69, 9.17) is 11.0 Å². The number of nitriles is 1. The minimum absolute atomic E-state index is 0.126. The fraction of sp³-hybridized carbons (Fsp3) is 0.222. The van der Waals surface area contributed by atoms with Gasteiger partial charge in [0.1, 0.15) is 17.3 Å². The number of hydrogen-bond donors (Lipinski definition) is 3. The highest BCUT2D eigenvalue weighted by Gasteiger charge is 2.06. The first-order chi connectivity index (χ1) is 7.15. The predicted molar refractivity (Wildman–Crippen MR) is 53.3 cm³/mol. The molecular weight excluding hydrogens is 194 g/mol. The first-order valence-electron chi connectivity index (χ1n) is 4.12. The van der Waals surface area contributed by atoms with Crippen LogP contribution in [-0.4, -0.2) is 22.6 Å². The molecule has 0 saturated heterocycles. The number of aromatic amines is 1. The molecule has 0 saturated carbocycles. The second kappa shape index (κ2) is 4.68. The average molecular weight is 203 g/mol. The molecule has 1 amide bonds. The van der Waals surface area contributed by atoms with Crippen molar-refractivity contribution < 1.29 is 4.79 Å². The van der Waals surface area contributed by atoms with E-state index in [1.165, 1.54) is 6.92 Å². The zero-order valence-electron chi connectivity index (χ0n) is 8.09. The summed E-state index contributed by atoms with van der Waals surface area (Å²) in [5.41, 5.74) is 5.99. The largest absolute Gasteiger partial charge is 0.381 e. The monoisotopic (exact) mass is 203 g/mol. The molecule has 1 rings (SSSR count). The number of nitrogens with two attached hydrogens (primary N) is 1. The maximum Gasteiger partial charge on any atom is 0.217 e. The summed E-state index contributed by atoms with van der Waals surface area (Å²) in [4.78, 5) is 10.5. The fourth-order valence-corrected chi connectivity index (χ4v) is 0.861. The van der Waals surface area contributed by atoms with Crippen molar-refractivity contribution in [1.82, 2.24) is 15.5 Å². The summed E-state index contributed by atoms with van der Waals surface area (Å²) in [7, 11) is 0. The van der Waals surface area contributed by atoms with Gasteiger partial charge < -0.3 is 11.1 Å². The molecular formula is C9H9N5O. The highest BCUT2D eigenvalue weighted by atomic mass is 16.1. The van der Waals surface area contributed by atoms with Crippen molar-refractivity contribution >= 4 is 11.7 Å². The van der Waals surface area contributed by atoms with E-state index in [9.17, 15) is 4.79 Å². The van der Waals surface area contributed by atoms with Crippen LogP contribution >= 0.6 is 0 Å². The highest BCUT2D eigenvalue weighted by Crippen LogP contribution is 2.09. The van der Waals surface area contributed by atoms with E-state index in [0.717, 1.165) is 0 Å². The molecule has 1 aromatic heterocycles. The molecule has 1 aromatic rings. The molecule has 0 aliphatic carbocycles. The van der Waals surface area contributed by atoms with Crippen molar-refractivity contribution in [2.24, 2.45) is 0 Å². The summed E-state index contributed by atoms with van der Waals surface area (Å²) in [6, 6.07) is 1.88. The van der Waals surface area contributed by atoms with Crippen LogP contribution in [0.15, 0.2) is 0 Å². The number of nitrogens with zero attached hydrogens (tertiary/aromatic N) is 2. The lowest BCUT2D eigenvalue weighted by atomic mass is 10.2. The zero-order valence-corrected chi connectivity index (χ0v) is 8.09. The second-order valence-corrected chi connectivity index (χ2v) is 2.68. The van der Waals surface area contributed by atoms with Gasteiger partial charge in [-0.3, -0.25) is 9.89 Å². The highest BCUT2D eigenvalue weighted by molar-refractivity contribution is 5.73. The van der Waals surface area contributed by atoms with Crippen LogP contribution in [0, 0.1) is 23.2 Å². The summed E-state index contributed by atoms with van der Waals surface area (Å²) in [5, 5.41) is 17.4. The normalized spacial score (nSPS) is 8.53. The topological polar surface area (TPSA) is 108 Å². The Morgan fingerprint density at radius 3 is 3.07 bits per heavy atom. The number of carbonyl (C=O) groups is 1. The fourth-order valence-electron chi connectivity index (χ4n) is 0.861. The van der Waals surface area contributed by atoms with Gasteiger partial charge in [0.15, 0.2) is 5.82 Å². The Balaban J connectivity index is 2.72. The number of nitrogen functional groups attached to an aromatic ring is 1. The van der Waals surface area contributed by atoms with Gasteiger partial charge in [-0.2, -0.15) is 10.4 Å². The predicted octanol–water partition coefficient (Wildman–Crippen LogP) is -0.649. The Bertz CT molecular complexity index is 471. The lowest BCUT2D eigenvalue weighted by Crippen LogP contribution is -2.19. The van der Waals surface area contributed by atoms with Crippen LogP contribution in [0.5, 0.6) is 0 Å². The molecule has 0 atom stereocenters. The van der Waals surface area contributed by atoms with Crippen LogP contribution in [0.3, 0.4) is 0 Å². The number of rotatable bonds is 1. The first kappa shape index (κ1) is 10.6. The Morgan fingerprint density at radius 1 is 1.73 bits per heavy atom. The third-order valence-corrected chi connectivity index (χ3v) is 1.55. The van der Waals surface area contributed by atoms with Crippen LogP contribution < -0.4 is 11.1 Å². The number of anilines is 1. The van der Waals surface area contributed by atoms with Gasteiger partial charge >= 0.3 is 0 Å². The lowest BCUT2D eigenvalue weighted by molar-refractivity contribution is -0.118. The number of amides is 1. The van der Waals surface area contributed by atoms with Crippen molar-refractivity contribution in [2.75, 3.05) is 12.3 Å². The molecule has 0 aliphatic heterocycles. The number of aromatic nitrogens is 2. The van der Waals surface area contributed by atoms with E-state index in [0.29, 0.717) is 5.69 Å². The minimum atomic E-state index is -0.158. The maximum atomic E-state index is 10.5. The number of nitrogens with one attached hydrogen (secondary N) is 2. The van der Waals surface area contributed by atoms with Crippen LogP contribution in [-0.2, 0) is 4.79 Å². The van der Waals surface area contributed by atoms with Gasteiger partial charge in [0, 0.05) is 6.92 Å². The van der Waals surface area contributed by atoms with E-state index in [1.54, 1.807) is 0 Å². The van der Waals surface area contributed by atoms with Crippen molar-refractivity contribution in [1.29, 1.82) is 5.26 Å². The van der Waals surface area contributed by atoms with E-state index >= 15 is 0 Å². The molecule has 6 nitrogen and oxygen atoms in total. The van der Waals surface area contributed by atoms with Crippen molar-refractivity contribution in [3.63, 3.8) is 0 Å². The Morgan fingerprint density at radius 2 is 2.47 bits per heavy atom. The van der Waals surface area contributed by atoms with Crippen LogP contribution in [0.4, 0.5) is 5.82 Å². The van der Waals surface area contributed by atoms with Gasteiger partial charge in [-0.1, -0.05) is 5.92 Å². The van der Waals surface area contributed by atoms with Crippen molar-refractivity contribution in [3.05, 3.63) is 11.3 Å². The van der Waals surface area contributed by atoms with E-state index in [1.807, 2.05) is 6.07 Å². The Kier molecular flexibility index (Phi) is 3.31. The molecule has 1 heterocycles. The maximum absolute atomic E-state index is 10.5. The van der Waals surface area contributed by atoms with Gasteiger partial charge in [-0.25, -0.2) is 0 Å². The van der Waals surface area contributed by atoms with E-state index in [2.05, 4.69) is 27.4 Å². The molecule has 76 valence electrons. The second-order valence-electron chi connectivity index (χ2n) is 2.68. The SMILES string of the molecule is CC(=O)NCC#Cc1[nH]nc(N)c1C#N. The van der Waals surface area contributed by atoms with Crippen molar-refractivity contribution in [3.8, 4) is 17.9 Å². The zero-order chi connectivity index (χ0) is 11.3. The van der Waals surface area contributed by atoms with Gasteiger partial charge in [-0.05, 0) is 5.92 Å². The molecule has 4 N–H and O–H groups in total. The third-order valence-electron chi connectivity index (χ3n) is 1.55. The van der Waals surface area contributed by atoms with Gasteiger partial charge in [0.05, 0.1) is 6.54 Å². The molecule has 0 aromatic carbocycles. The lowest BCUT2D eigenvalue weighted by Gasteiger charge is -1.90. The van der Waals surface area contributed by atoms with Crippen LogP contribution in [0.1, 0.15) is 18.2 Å². The van der Waals surface area contributed by atoms with Crippen LogP contribution in [0.25, 0.3) is 0 Å². The molecule has 0 aliphatic rings. The Labute approximate surface area is 86.5 Å². The summed E-state index contributed by atoms with van der Waals surface area (Å²) in [6.07, 6.45) is 0. The van der Waals surface area contributed by atoms with Crippen LogP contribution in [0.2, 0.25) is 0 Å². The van der Waals surface area contributed by atoms with Gasteiger partial charge in [-0.15, -0.1) is 0 Å². The molecule has 0 unspecified atom stereocenters. The average Bonchev–Trinajstić information content (AvgIpc) is 2.53.